The molecule has 0 fully saturated rings. The number of aldehydes is 3. The van der Waals surface area contributed by atoms with Crippen LogP contribution in [0.4, 0.5) is 0 Å². The summed E-state index contributed by atoms with van der Waals surface area (Å²) in [5.74, 6) is -0.934. The molecular weight excluding hydrogens is 735 g/mol. The van der Waals surface area contributed by atoms with Crippen molar-refractivity contribution < 1.29 is 56.3 Å². The molecule has 294 valence electrons. The number of carbonyl (C=O) groups excluding carboxylic acids is 6. The molecule has 2 unspecified atom stereocenters. The second-order valence-electron chi connectivity index (χ2n) is 9.56. The number of nitrogens with zero attached hydrogens (tertiary/aromatic N) is 1. The number of aliphatic carboxylic acids is 1. The minimum absolute atomic E-state index is 0. The molecule has 18 heteroatoms. The maximum absolute atomic E-state index is 10.8. The number of carbonyl (C=O) groups is 6. The fourth-order valence-electron chi connectivity index (χ4n) is 2.69. The van der Waals surface area contributed by atoms with Crippen molar-refractivity contribution in [1.82, 2.24) is 4.67 Å². The van der Waals surface area contributed by atoms with Gasteiger partial charge in [-0.2, -0.15) is 0 Å². The lowest BCUT2D eigenvalue weighted by molar-refractivity contribution is -0.305. The molecule has 0 spiro atoms. The van der Waals surface area contributed by atoms with Crippen LogP contribution in [-0.2, 0) is 66.5 Å². The van der Waals surface area contributed by atoms with E-state index < -0.39 is 31.0 Å². The summed E-state index contributed by atoms with van der Waals surface area (Å²) in [5.41, 5.74) is 0. The molecular formula is C31H65NO12P3S2-. The van der Waals surface area contributed by atoms with E-state index in [1.165, 1.54) is 6.92 Å². The first-order valence-electron chi connectivity index (χ1n) is 15.8. The van der Waals surface area contributed by atoms with E-state index in [-0.39, 0.29) is 38.4 Å². The predicted molar refractivity (Wildman–Crippen MR) is 206 cm³/mol. The molecule has 13 nitrogen and oxygen atoms in total. The molecule has 0 rings (SSSR count). The zero-order valence-corrected chi connectivity index (χ0v) is 36.2. The maximum Gasteiger partial charge on any atom is 0.453 e. The summed E-state index contributed by atoms with van der Waals surface area (Å²) in [6.45, 7) is 23.4. The topological polar surface area (TPSA) is 194 Å². The minimum atomic E-state index is -3.91. The van der Waals surface area contributed by atoms with Crippen molar-refractivity contribution in [2.75, 3.05) is 19.9 Å². The number of rotatable bonds is 21. The first kappa shape index (κ1) is 63.1. The third-order valence-corrected chi connectivity index (χ3v) is 9.65. The summed E-state index contributed by atoms with van der Waals surface area (Å²) >= 11 is 4.48. The van der Waals surface area contributed by atoms with Crippen LogP contribution in [0.5, 0.6) is 0 Å². The standard InChI is InChI=1S/C10H24NOP.C6H10O2.C5H8O2.C4H6O3.C3H9O4P2S2.C2H6.CH3/c1-7-8-12-13(6)11(9(2)3)10(4)5;1-2-6(8)4-3-5-7;1-5(7)3-2-4-6;5-3-1-2-4(6)7;1-2-3-6-9(4,5)7-11(8)10;1-2;/h9-10H,7-8H2,1-6H3;5H,2-4H2,1H3;4H,2-3H2,1H3;3H,1-2H2,(H,6,7);8H,2-3H2,1H3,(H,4,5);1-2H3;1H3/q;;;;-1;;+1/p-1. The highest BCUT2D eigenvalue weighted by molar-refractivity contribution is 8.37. The molecule has 0 saturated carbocycles. The fourth-order valence-corrected chi connectivity index (χ4v) is 7.38. The lowest BCUT2D eigenvalue weighted by atomic mass is 10.2. The lowest BCUT2D eigenvalue weighted by Crippen LogP contribution is -2.32. The first-order chi connectivity index (χ1) is 22.3. The second-order valence-corrected chi connectivity index (χ2v) is 16.4. The second kappa shape index (κ2) is 47.0. The molecule has 49 heavy (non-hydrogen) atoms. The molecule has 0 saturated heterocycles. The van der Waals surface area contributed by atoms with Crippen molar-refractivity contribution in [1.29, 1.82) is 0 Å². The van der Waals surface area contributed by atoms with E-state index in [0.29, 0.717) is 56.9 Å². The van der Waals surface area contributed by atoms with E-state index in [1.54, 1.807) is 6.92 Å². The quantitative estimate of drug-likeness (QED) is 0.0555. The fraction of sp³-hybridized carbons (Fsp3) is 0.774. The van der Waals surface area contributed by atoms with Crippen LogP contribution in [0.2, 0.25) is 0 Å². The number of phosphoric acid groups is 1. The van der Waals surface area contributed by atoms with Gasteiger partial charge in [-0.25, -0.2) is 23.8 Å². The number of hydrogen-bond acceptors (Lipinski definition) is 14. The predicted octanol–water partition coefficient (Wildman–Crippen LogP) is 6.75. The summed E-state index contributed by atoms with van der Waals surface area (Å²) < 4.78 is 27.9. The summed E-state index contributed by atoms with van der Waals surface area (Å²) in [4.78, 5) is 67.4. The van der Waals surface area contributed by atoms with Gasteiger partial charge >= 0.3 is 7.82 Å². The van der Waals surface area contributed by atoms with Crippen molar-refractivity contribution in [3.63, 3.8) is 0 Å². The highest BCUT2D eigenvalue weighted by atomic mass is 32.9. The number of phosphoric ester groups is 1. The first-order valence-corrected chi connectivity index (χ1v) is 22.3. The Labute approximate surface area is 307 Å². The summed E-state index contributed by atoms with van der Waals surface area (Å²) in [7, 11) is -2.58. The van der Waals surface area contributed by atoms with Gasteiger partial charge in [0.25, 0.3) is 0 Å². The highest BCUT2D eigenvalue weighted by Gasteiger charge is 2.20. The van der Waals surface area contributed by atoms with E-state index in [0.717, 1.165) is 25.6 Å². The van der Waals surface area contributed by atoms with E-state index in [4.69, 9.17) is 9.42 Å². The molecule has 0 aliphatic heterocycles. The summed E-state index contributed by atoms with van der Waals surface area (Å²) in [6.07, 6.45) is 5.84. The van der Waals surface area contributed by atoms with Gasteiger partial charge in [-0.05, 0) is 60.5 Å². The van der Waals surface area contributed by atoms with Gasteiger partial charge in [0.1, 0.15) is 38.7 Å². The number of hydrogen-bond donors (Lipinski definition) is 1. The molecule has 2 atom stereocenters. The van der Waals surface area contributed by atoms with Crippen LogP contribution in [0, 0.1) is 7.43 Å². The molecule has 0 aliphatic rings. The smallest absolute Gasteiger partial charge is 0.453 e. The molecule has 0 aliphatic carbocycles. The van der Waals surface area contributed by atoms with Gasteiger partial charge in [0, 0.05) is 64.0 Å². The van der Waals surface area contributed by atoms with E-state index >= 15 is 0 Å². The Bertz CT molecular complexity index is 899. The monoisotopic (exact) mass is 800 g/mol. The van der Waals surface area contributed by atoms with Gasteiger partial charge in [-0.15, -0.1) is 0 Å². The lowest BCUT2D eigenvalue weighted by Gasteiger charge is -2.35. The SMILES string of the molecule is CC.CC(=O)CCC=O.CCC(=O)CCC=O.CCCOP(=O)(O)O[S-](=P)=S.CCCOP(C)N(C(C)C)C(C)C.O=CCCC(=O)[O-].[CH3+]. The van der Waals surface area contributed by atoms with Gasteiger partial charge in [0.05, 0.1) is 13.2 Å². The van der Waals surface area contributed by atoms with E-state index in [9.17, 15) is 38.4 Å². The van der Waals surface area contributed by atoms with Crippen LogP contribution in [0.3, 0.4) is 0 Å². The van der Waals surface area contributed by atoms with Gasteiger partial charge in [-0.3, -0.25) is 22.9 Å². The molecule has 0 bridgehead atoms. The van der Waals surface area contributed by atoms with Gasteiger partial charge < -0.3 is 42.5 Å². The third-order valence-electron chi connectivity index (χ3n) is 4.50. The molecule has 0 aromatic carbocycles. The van der Waals surface area contributed by atoms with Crippen molar-refractivity contribution in [3.8, 4) is 0 Å². The zero-order valence-electron chi connectivity index (χ0n) is 31.8. The Hall–Kier alpha value is -0.980. The number of ketones is 2. The van der Waals surface area contributed by atoms with Gasteiger partial charge in [-0.1, -0.05) is 34.6 Å². The van der Waals surface area contributed by atoms with Crippen molar-refractivity contribution in [3.05, 3.63) is 7.43 Å². The van der Waals surface area contributed by atoms with Crippen LogP contribution in [0.15, 0.2) is 0 Å². The molecule has 0 radical (unpaired) electrons. The normalized spacial score (nSPS) is 11.4. The Morgan fingerprint density at radius 2 is 1.33 bits per heavy atom. The average Bonchev–Trinajstić information content (AvgIpc) is 3.00. The summed E-state index contributed by atoms with van der Waals surface area (Å²) in [5, 5.41) is 9.49. The Kier molecular flexibility index (Phi) is 60.5. The molecule has 0 aromatic rings. The van der Waals surface area contributed by atoms with Crippen LogP contribution in [-0.4, -0.2) is 77.9 Å². The van der Waals surface area contributed by atoms with Crippen LogP contribution in [0.1, 0.15) is 127 Å². The van der Waals surface area contributed by atoms with E-state index in [1.807, 2.05) is 20.8 Å². The average molecular weight is 801 g/mol. The maximum atomic E-state index is 10.8. The minimum Gasteiger partial charge on any atom is -0.550 e. The highest BCUT2D eigenvalue weighted by Crippen LogP contribution is 2.43. The Morgan fingerprint density at radius 1 is 0.918 bits per heavy atom. The van der Waals surface area contributed by atoms with Crippen LogP contribution < -0.4 is 5.11 Å². The summed E-state index contributed by atoms with van der Waals surface area (Å²) in [6, 6.07) is 1.15. The number of Topliss-reactive ketones (excluding diaryl/α,β-unsaturated/α-hetero) is 2. The largest absolute Gasteiger partial charge is 0.550 e. The molecule has 1 N–H and O–H groups in total. The van der Waals surface area contributed by atoms with Gasteiger partial charge in [0.2, 0.25) is 0 Å². The van der Waals surface area contributed by atoms with Crippen molar-refractivity contribution in [2.45, 2.75) is 139 Å². The molecule has 0 amide bonds. The third kappa shape index (κ3) is 62.6. The van der Waals surface area contributed by atoms with E-state index in [2.05, 4.69) is 73.7 Å². The van der Waals surface area contributed by atoms with Crippen LogP contribution in [0.25, 0.3) is 0 Å². The van der Waals surface area contributed by atoms with Gasteiger partial charge in [0.15, 0.2) is 0 Å². The Morgan fingerprint density at radius 3 is 1.59 bits per heavy atom. The van der Waals surface area contributed by atoms with Crippen LogP contribution >= 0.6 is 24.1 Å². The van der Waals surface area contributed by atoms with Crippen molar-refractivity contribution in [2.24, 2.45) is 0 Å². The Balaban J connectivity index is -0.0000000902. The number of carboxylic acids is 1. The molecule has 0 heterocycles. The van der Waals surface area contributed by atoms with Crippen molar-refractivity contribution >= 4 is 80.6 Å². The number of carboxylic acid groups (broad SMARTS) is 1. The molecule has 0 aromatic heterocycles. The zero-order chi connectivity index (χ0) is 39.1.